The van der Waals surface area contributed by atoms with Crippen LogP contribution >= 0.6 is 11.6 Å². The minimum absolute atomic E-state index is 0.284. The van der Waals surface area contributed by atoms with E-state index in [1.165, 1.54) is 38.2 Å². The Bertz CT molecular complexity index is 436. The zero-order valence-corrected chi connectivity index (χ0v) is 11.2. The molecule has 0 bridgehead atoms. The molecule has 2 aliphatic rings. The van der Waals surface area contributed by atoms with Crippen LogP contribution in [0.2, 0.25) is 5.02 Å². The Morgan fingerprint density at radius 1 is 1.22 bits per heavy atom. The summed E-state index contributed by atoms with van der Waals surface area (Å²) in [7, 11) is 0. The van der Waals surface area contributed by atoms with Gasteiger partial charge in [-0.25, -0.2) is 9.37 Å². The predicted molar refractivity (Wildman–Crippen MR) is 71.5 cm³/mol. The summed E-state index contributed by atoms with van der Waals surface area (Å²) in [5, 5.41) is 0.369. The Balaban J connectivity index is 1.89. The highest BCUT2D eigenvalue weighted by atomic mass is 35.5. The summed E-state index contributed by atoms with van der Waals surface area (Å²) >= 11 is 5.77. The van der Waals surface area contributed by atoms with Gasteiger partial charge in [-0.3, -0.25) is 0 Å². The van der Waals surface area contributed by atoms with Crippen LogP contribution in [0.4, 0.5) is 10.2 Å². The van der Waals surface area contributed by atoms with Gasteiger partial charge in [0.05, 0.1) is 5.02 Å². The van der Waals surface area contributed by atoms with E-state index in [1.807, 2.05) is 0 Å². The maximum absolute atomic E-state index is 14.0. The van der Waals surface area contributed by atoms with Crippen molar-refractivity contribution < 1.29 is 4.39 Å². The minimum atomic E-state index is -0.284. The molecule has 1 saturated heterocycles. The summed E-state index contributed by atoms with van der Waals surface area (Å²) in [4.78, 5) is 6.39. The maximum Gasteiger partial charge on any atom is 0.167 e. The van der Waals surface area contributed by atoms with E-state index in [4.69, 9.17) is 11.6 Å². The van der Waals surface area contributed by atoms with Crippen LogP contribution in [0.15, 0.2) is 12.3 Å². The van der Waals surface area contributed by atoms with Crippen LogP contribution in [-0.2, 0) is 0 Å². The Morgan fingerprint density at radius 3 is 2.83 bits per heavy atom. The van der Waals surface area contributed by atoms with Crippen molar-refractivity contribution in [1.82, 2.24) is 4.98 Å². The number of hydrogen-bond donors (Lipinski definition) is 0. The molecule has 0 spiro atoms. The third-order valence-corrected chi connectivity index (χ3v) is 4.51. The zero-order valence-electron chi connectivity index (χ0n) is 10.4. The zero-order chi connectivity index (χ0) is 12.5. The van der Waals surface area contributed by atoms with Gasteiger partial charge in [0.2, 0.25) is 0 Å². The molecule has 1 aliphatic heterocycles. The van der Waals surface area contributed by atoms with E-state index in [-0.39, 0.29) is 5.82 Å². The second-order valence-corrected chi connectivity index (χ2v) is 5.84. The van der Waals surface area contributed by atoms with Crippen molar-refractivity contribution in [1.29, 1.82) is 0 Å². The van der Waals surface area contributed by atoms with Crippen molar-refractivity contribution in [2.24, 2.45) is 5.92 Å². The van der Waals surface area contributed by atoms with E-state index in [0.717, 1.165) is 18.9 Å². The van der Waals surface area contributed by atoms with Gasteiger partial charge in [0.1, 0.15) is 0 Å². The molecule has 1 saturated carbocycles. The van der Waals surface area contributed by atoms with Crippen molar-refractivity contribution in [2.75, 3.05) is 11.4 Å². The van der Waals surface area contributed by atoms with Crippen molar-refractivity contribution in [3.8, 4) is 0 Å². The van der Waals surface area contributed by atoms with E-state index in [1.54, 1.807) is 6.20 Å². The van der Waals surface area contributed by atoms with Gasteiger partial charge in [-0.15, -0.1) is 0 Å². The monoisotopic (exact) mass is 268 g/mol. The largest absolute Gasteiger partial charge is 0.351 e. The molecule has 18 heavy (non-hydrogen) atoms. The first-order valence-corrected chi connectivity index (χ1v) is 7.21. The number of rotatable bonds is 1. The summed E-state index contributed by atoms with van der Waals surface area (Å²) < 4.78 is 14.0. The highest BCUT2D eigenvalue weighted by Gasteiger charge is 2.34. The molecular weight excluding hydrogens is 251 g/mol. The van der Waals surface area contributed by atoms with Gasteiger partial charge in [-0.1, -0.05) is 24.4 Å². The number of piperidine rings is 1. The highest BCUT2D eigenvalue weighted by Crippen LogP contribution is 2.37. The first-order chi connectivity index (χ1) is 8.75. The van der Waals surface area contributed by atoms with E-state index < -0.39 is 0 Å². The molecule has 4 heteroatoms. The summed E-state index contributed by atoms with van der Waals surface area (Å²) in [6.07, 6.45) is 9.02. The average Bonchev–Trinajstić information content (AvgIpc) is 2.38. The average molecular weight is 269 g/mol. The van der Waals surface area contributed by atoms with Gasteiger partial charge in [-0.05, 0) is 37.7 Å². The van der Waals surface area contributed by atoms with Gasteiger partial charge in [0.25, 0.3) is 0 Å². The lowest BCUT2D eigenvalue weighted by Gasteiger charge is -2.44. The number of pyridine rings is 1. The number of fused-ring (bicyclic) bond motifs is 1. The Morgan fingerprint density at radius 2 is 2.00 bits per heavy atom. The lowest BCUT2D eigenvalue weighted by atomic mass is 9.78. The minimum Gasteiger partial charge on any atom is -0.351 e. The van der Waals surface area contributed by atoms with E-state index in [9.17, 15) is 4.39 Å². The molecule has 2 nitrogen and oxygen atoms in total. The number of aromatic nitrogens is 1. The molecular formula is C14H18ClFN2. The number of hydrogen-bond acceptors (Lipinski definition) is 2. The standard InChI is InChI=1S/C14H18ClFN2/c15-11-8-12(16)14(17-9-11)18-7-3-5-10-4-1-2-6-13(10)18/h8-10,13H,1-7H2. The van der Waals surface area contributed by atoms with Crippen LogP contribution in [-0.4, -0.2) is 17.6 Å². The van der Waals surface area contributed by atoms with Crippen LogP contribution < -0.4 is 4.90 Å². The van der Waals surface area contributed by atoms with Crippen LogP contribution in [0.1, 0.15) is 38.5 Å². The molecule has 0 aromatic carbocycles. The Labute approximate surface area is 112 Å². The summed E-state index contributed by atoms with van der Waals surface area (Å²) in [5.74, 6) is 0.939. The fourth-order valence-electron chi connectivity index (χ4n) is 3.51. The fraction of sp³-hybridized carbons (Fsp3) is 0.643. The van der Waals surface area contributed by atoms with Gasteiger partial charge >= 0.3 is 0 Å². The predicted octanol–water partition coefficient (Wildman–Crippen LogP) is 4.03. The second kappa shape index (κ2) is 5.04. The van der Waals surface area contributed by atoms with Crippen LogP contribution in [0.5, 0.6) is 0 Å². The molecule has 1 aromatic rings. The topological polar surface area (TPSA) is 16.1 Å². The Hall–Kier alpha value is -0.830. The molecule has 0 amide bonds. The summed E-state index contributed by atoms with van der Waals surface area (Å²) in [6.45, 7) is 0.923. The van der Waals surface area contributed by atoms with Crippen molar-refractivity contribution in [3.05, 3.63) is 23.1 Å². The van der Waals surface area contributed by atoms with Gasteiger partial charge < -0.3 is 4.90 Å². The lowest BCUT2D eigenvalue weighted by molar-refractivity contribution is 0.241. The number of halogens is 2. The normalized spacial score (nSPS) is 28.0. The molecule has 2 heterocycles. The SMILES string of the molecule is Fc1cc(Cl)cnc1N1CCCC2CCCCC21. The molecule has 3 rings (SSSR count). The molecule has 2 fully saturated rings. The van der Waals surface area contributed by atoms with E-state index in [0.29, 0.717) is 16.9 Å². The molecule has 0 N–H and O–H groups in total. The summed E-state index contributed by atoms with van der Waals surface area (Å²) in [6, 6.07) is 1.85. The third kappa shape index (κ3) is 2.20. The molecule has 98 valence electrons. The first kappa shape index (κ1) is 12.2. The molecule has 2 unspecified atom stereocenters. The number of anilines is 1. The van der Waals surface area contributed by atoms with Crippen molar-refractivity contribution in [2.45, 2.75) is 44.6 Å². The highest BCUT2D eigenvalue weighted by molar-refractivity contribution is 6.30. The third-order valence-electron chi connectivity index (χ3n) is 4.30. The quantitative estimate of drug-likeness (QED) is 0.764. The lowest BCUT2D eigenvalue weighted by Crippen LogP contribution is -2.47. The summed E-state index contributed by atoms with van der Waals surface area (Å²) in [5.41, 5.74) is 0. The smallest absolute Gasteiger partial charge is 0.167 e. The number of nitrogens with zero attached hydrogens (tertiary/aromatic N) is 2. The molecule has 2 atom stereocenters. The molecule has 0 radical (unpaired) electrons. The van der Waals surface area contributed by atoms with Crippen molar-refractivity contribution in [3.63, 3.8) is 0 Å². The van der Waals surface area contributed by atoms with Gasteiger partial charge in [-0.2, -0.15) is 0 Å². The van der Waals surface area contributed by atoms with E-state index in [2.05, 4.69) is 9.88 Å². The second-order valence-electron chi connectivity index (χ2n) is 5.41. The van der Waals surface area contributed by atoms with Crippen molar-refractivity contribution >= 4 is 17.4 Å². The van der Waals surface area contributed by atoms with E-state index >= 15 is 0 Å². The first-order valence-electron chi connectivity index (χ1n) is 6.83. The van der Waals surface area contributed by atoms with Crippen LogP contribution in [0, 0.1) is 11.7 Å². The van der Waals surface area contributed by atoms with Crippen LogP contribution in [0.25, 0.3) is 0 Å². The maximum atomic E-state index is 14.0. The van der Waals surface area contributed by atoms with Crippen LogP contribution in [0.3, 0.4) is 0 Å². The van der Waals surface area contributed by atoms with Gasteiger partial charge in [0.15, 0.2) is 11.6 Å². The molecule has 1 aromatic heterocycles. The van der Waals surface area contributed by atoms with Gasteiger partial charge in [0, 0.05) is 18.8 Å². The fourth-order valence-corrected chi connectivity index (χ4v) is 3.65. The molecule has 1 aliphatic carbocycles. The Kier molecular flexibility index (Phi) is 3.42.